The molecule has 2 aliphatic heterocycles. The number of aliphatic hydroxyl groups is 1. The van der Waals surface area contributed by atoms with E-state index in [0.29, 0.717) is 6.61 Å². The minimum absolute atomic E-state index is 0.0950. The molecule has 5 nitrogen and oxygen atoms in total. The fraction of sp³-hybridized carbons (Fsp3) is 0.350. The van der Waals surface area contributed by atoms with Crippen molar-refractivity contribution >= 4 is 6.47 Å². The van der Waals surface area contributed by atoms with Gasteiger partial charge in [-0.25, -0.2) is 0 Å². The van der Waals surface area contributed by atoms with Crippen LogP contribution in [0.15, 0.2) is 48.5 Å². The molecule has 2 aromatic rings. The maximum absolute atomic E-state index is 10.7. The maximum Gasteiger partial charge on any atom is 0.290 e. The van der Waals surface area contributed by atoms with Crippen LogP contribution in [-0.2, 0) is 4.79 Å². The van der Waals surface area contributed by atoms with Crippen LogP contribution in [0.5, 0.6) is 5.75 Å². The summed E-state index contributed by atoms with van der Waals surface area (Å²) >= 11 is 0. The van der Waals surface area contributed by atoms with Crippen LogP contribution in [0.1, 0.15) is 24.5 Å². The lowest BCUT2D eigenvalue weighted by molar-refractivity contribution is -0.122. The van der Waals surface area contributed by atoms with Crippen LogP contribution < -0.4 is 4.74 Å². The molecule has 2 atom stereocenters. The van der Waals surface area contributed by atoms with Crippen molar-refractivity contribution in [3.05, 3.63) is 54.1 Å². The van der Waals surface area contributed by atoms with Gasteiger partial charge in [0.15, 0.2) is 0 Å². The van der Waals surface area contributed by atoms with Gasteiger partial charge >= 0.3 is 0 Å². The van der Waals surface area contributed by atoms with Crippen LogP contribution in [0.3, 0.4) is 0 Å². The second kappa shape index (κ2) is 8.14. The molecule has 4 rings (SSSR count). The van der Waals surface area contributed by atoms with E-state index in [9.17, 15) is 5.11 Å². The number of hydrogen-bond donors (Lipinski definition) is 2. The first kappa shape index (κ1) is 17.5. The zero-order chi connectivity index (χ0) is 17.6. The monoisotopic (exact) mass is 341 g/mol. The van der Waals surface area contributed by atoms with Crippen molar-refractivity contribution in [3.8, 4) is 16.9 Å². The van der Waals surface area contributed by atoms with Gasteiger partial charge in [0, 0.05) is 5.56 Å². The summed E-state index contributed by atoms with van der Waals surface area (Å²) in [7, 11) is 0. The molecular weight excluding hydrogens is 318 g/mol. The number of benzene rings is 2. The third kappa shape index (κ3) is 3.83. The summed E-state index contributed by atoms with van der Waals surface area (Å²) in [5, 5.41) is 17.6. The number of rotatable bonds is 2. The SMILES string of the molecule is O=CO.O[C@@H]1c2ccc(-c3ccccc3)cc2OC[C@H]1N1CCCC1. The van der Waals surface area contributed by atoms with Gasteiger partial charge in [0.1, 0.15) is 18.5 Å². The molecule has 2 N–H and O–H groups in total. The molecule has 0 aliphatic carbocycles. The average Bonchev–Trinajstić information content (AvgIpc) is 3.17. The predicted octanol–water partition coefficient (Wildman–Crippen LogP) is 2.94. The number of hydrogen-bond acceptors (Lipinski definition) is 4. The average molecular weight is 341 g/mol. The van der Waals surface area contributed by atoms with Gasteiger partial charge in [0.2, 0.25) is 0 Å². The highest BCUT2D eigenvalue weighted by Crippen LogP contribution is 2.37. The largest absolute Gasteiger partial charge is 0.491 e. The lowest BCUT2D eigenvalue weighted by Crippen LogP contribution is -2.44. The third-order valence-electron chi connectivity index (χ3n) is 4.82. The summed E-state index contributed by atoms with van der Waals surface area (Å²) in [6, 6.07) is 16.5. The molecule has 1 saturated heterocycles. The van der Waals surface area contributed by atoms with Crippen molar-refractivity contribution < 1.29 is 19.7 Å². The Balaban J connectivity index is 0.000000569. The Bertz CT molecular complexity index is 698. The van der Waals surface area contributed by atoms with Gasteiger partial charge in [-0.15, -0.1) is 0 Å². The number of carbonyl (C=O) groups is 1. The molecule has 0 unspecified atom stereocenters. The Morgan fingerprint density at radius 2 is 1.72 bits per heavy atom. The number of nitrogens with zero attached hydrogens (tertiary/aromatic N) is 1. The molecule has 132 valence electrons. The van der Waals surface area contributed by atoms with Crippen LogP contribution in [-0.4, -0.2) is 47.3 Å². The molecular formula is C20H23NO4. The number of ether oxygens (including phenoxy) is 1. The van der Waals surface area contributed by atoms with Crippen molar-refractivity contribution in [2.45, 2.75) is 25.0 Å². The minimum atomic E-state index is -0.452. The standard InChI is InChI=1S/C19H21NO2.CH2O2/c21-19-16-9-8-15(14-6-2-1-3-7-14)12-18(16)22-13-17(19)20-10-4-5-11-20;2-1-3/h1-3,6-9,12,17,19,21H,4-5,10-11,13H2;1H,(H,2,3)/t17-,19-;/m1./s1. The van der Waals surface area contributed by atoms with Gasteiger partial charge in [-0.3, -0.25) is 9.69 Å². The second-order valence-electron chi connectivity index (χ2n) is 6.29. The van der Waals surface area contributed by atoms with Crippen molar-refractivity contribution in [3.63, 3.8) is 0 Å². The van der Waals surface area contributed by atoms with Crippen molar-refractivity contribution in [1.82, 2.24) is 4.90 Å². The highest BCUT2D eigenvalue weighted by molar-refractivity contribution is 5.66. The Morgan fingerprint density at radius 1 is 1.04 bits per heavy atom. The summed E-state index contributed by atoms with van der Waals surface area (Å²) in [6.07, 6.45) is 2.00. The van der Waals surface area contributed by atoms with Crippen LogP contribution in [0.25, 0.3) is 11.1 Å². The van der Waals surface area contributed by atoms with Crippen LogP contribution in [0.2, 0.25) is 0 Å². The van der Waals surface area contributed by atoms with Gasteiger partial charge in [-0.2, -0.15) is 0 Å². The van der Waals surface area contributed by atoms with Crippen LogP contribution >= 0.6 is 0 Å². The Kier molecular flexibility index (Phi) is 5.68. The normalized spacial score (nSPS) is 22.3. The fourth-order valence-corrected chi connectivity index (χ4v) is 3.57. The third-order valence-corrected chi connectivity index (χ3v) is 4.82. The van der Waals surface area contributed by atoms with E-state index in [1.54, 1.807) is 0 Å². The first-order valence-electron chi connectivity index (χ1n) is 8.56. The first-order chi connectivity index (χ1) is 12.2. The summed E-state index contributed by atoms with van der Waals surface area (Å²) in [6.45, 7) is 2.47. The van der Waals surface area contributed by atoms with Crippen LogP contribution in [0.4, 0.5) is 0 Å². The molecule has 0 aromatic heterocycles. The number of carboxylic acid groups (broad SMARTS) is 1. The van der Waals surface area contributed by atoms with Gasteiger partial charge in [0.05, 0.1) is 6.04 Å². The number of aliphatic hydroxyl groups excluding tert-OH is 1. The highest BCUT2D eigenvalue weighted by Gasteiger charge is 2.34. The van der Waals surface area contributed by atoms with Crippen molar-refractivity contribution in [2.75, 3.05) is 19.7 Å². The quantitative estimate of drug-likeness (QED) is 0.822. The van der Waals surface area contributed by atoms with Gasteiger partial charge < -0.3 is 14.9 Å². The fourth-order valence-electron chi connectivity index (χ4n) is 3.57. The summed E-state index contributed by atoms with van der Waals surface area (Å²) < 4.78 is 5.98. The van der Waals surface area contributed by atoms with Gasteiger partial charge in [-0.05, 0) is 43.1 Å². The van der Waals surface area contributed by atoms with E-state index in [4.69, 9.17) is 14.6 Å². The maximum atomic E-state index is 10.7. The smallest absolute Gasteiger partial charge is 0.290 e. The molecule has 5 heteroatoms. The van der Waals surface area contributed by atoms with Crippen LogP contribution in [0, 0.1) is 0 Å². The summed E-state index contributed by atoms with van der Waals surface area (Å²) in [5.74, 6) is 0.823. The Hall–Kier alpha value is -2.37. The molecule has 0 saturated carbocycles. The molecule has 2 aliphatic rings. The van der Waals surface area contributed by atoms with E-state index in [0.717, 1.165) is 30.0 Å². The number of fused-ring (bicyclic) bond motifs is 1. The Morgan fingerprint density at radius 3 is 2.40 bits per heavy atom. The molecule has 0 amide bonds. The first-order valence-corrected chi connectivity index (χ1v) is 8.56. The number of likely N-dealkylation sites (tertiary alicyclic amines) is 1. The summed E-state index contributed by atoms with van der Waals surface area (Å²) in [5.41, 5.74) is 3.22. The minimum Gasteiger partial charge on any atom is -0.491 e. The van der Waals surface area contributed by atoms with E-state index in [2.05, 4.69) is 23.1 Å². The molecule has 2 heterocycles. The highest BCUT2D eigenvalue weighted by atomic mass is 16.5. The van der Waals surface area contributed by atoms with E-state index in [-0.39, 0.29) is 12.5 Å². The van der Waals surface area contributed by atoms with E-state index in [1.165, 1.54) is 18.4 Å². The van der Waals surface area contributed by atoms with E-state index < -0.39 is 6.10 Å². The summed E-state index contributed by atoms with van der Waals surface area (Å²) in [4.78, 5) is 10.7. The second-order valence-corrected chi connectivity index (χ2v) is 6.29. The molecule has 1 fully saturated rings. The lowest BCUT2D eigenvalue weighted by Gasteiger charge is -2.36. The van der Waals surface area contributed by atoms with Gasteiger partial charge in [-0.1, -0.05) is 42.5 Å². The zero-order valence-electron chi connectivity index (χ0n) is 14.0. The van der Waals surface area contributed by atoms with Crippen molar-refractivity contribution in [2.24, 2.45) is 0 Å². The molecule has 0 bridgehead atoms. The van der Waals surface area contributed by atoms with E-state index in [1.807, 2.05) is 30.3 Å². The topological polar surface area (TPSA) is 70.0 Å². The molecule has 0 radical (unpaired) electrons. The molecule has 25 heavy (non-hydrogen) atoms. The Labute approximate surface area is 147 Å². The van der Waals surface area contributed by atoms with Crippen molar-refractivity contribution in [1.29, 1.82) is 0 Å². The molecule has 0 spiro atoms. The zero-order valence-corrected chi connectivity index (χ0v) is 14.0. The van der Waals surface area contributed by atoms with E-state index >= 15 is 0 Å². The predicted molar refractivity (Wildman–Crippen MR) is 95.6 cm³/mol. The lowest BCUT2D eigenvalue weighted by atomic mass is 9.95. The van der Waals surface area contributed by atoms with Gasteiger partial charge in [0.25, 0.3) is 6.47 Å². The molecule has 2 aromatic carbocycles.